The lowest BCUT2D eigenvalue weighted by Crippen LogP contribution is -2.20. The second kappa shape index (κ2) is 7.21. The highest BCUT2D eigenvalue weighted by Crippen LogP contribution is 2.20. The second-order valence-corrected chi connectivity index (χ2v) is 5.10. The molecule has 2 heterocycles. The van der Waals surface area contributed by atoms with Crippen molar-refractivity contribution in [2.45, 2.75) is 6.18 Å². The fraction of sp³-hybridized carbons (Fsp3) is 0.125. The summed E-state index contributed by atoms with van der Waals surface area (Å²) in [7, 11) is 0. The maximum Gasteiger partial charge on any atom is 0.422 e. The molecule has 0 fully saturated rings. The normalized spacial score (nSPS) is 11.2. The molecule has 0 saturated carbocycles. The van der Waals surface area contributed by atoms with Crippen molar-refractivity contribution < 1.29 is 22.7 Å². The van der Waals surface area contributed by atoms with Gasteiger partial charge in [0.15, 0.2) is 6.61 Å². The van der Waals surface area contributed by atoms with Gasteiger partial charge in [-0.25, -0.2) is 14.6 Å². The van der Waals surface area contributed by atoms with Gasteiger partial charge < -0.3 is 10.1 Å². The molecular weight excluding hydrogens is 351 g/mol. The molecule has 0 saturated heterocycles. The summed E-state index contributed by atoms with van der Waals surface area (Å²) in [6.45, 7) is -1.45. The van der Waals surface area contributed by atoms with E-state index in [2.05, 4.69) is 25.1 Å². The van der Waals surface area contributed by atoms with Crippen LogP contribution in [0.2, 0.25) is 0 Å². The number of halogens is 3. The fourth-order valence-electron chi connectivity index (χ4n) is 2.06. The molecule has 0 unspecified atom stereocenters. The van der Waals surface area contributed by atoms with Gasteiger partial charge in [0.1, 0.15) is 12.7 Å². The largest absolute Gasteiger partial charge is 0.468 e. The number of carbonyl (C=O) groups excluding carboxylic acids is 1. The summed E-state index contributed by atoms with van der Waals surface area (Å²) in [6, 6.07) is 9.47. The van der Waals surface area contributed by atoms with E-state index >= 15 is 0 Å². The first kappa shape index (κ1) is 17.4. The van der Waals surface area contributed by atoms with E-state index in [1.54, 1.807) is 24.3 Å². The van der Waals surface area contributed by atoms with Crippen molar-refractivity contribution >= 4 is 11.6 Å². The first-order valence-electron chi connectivity index (χ1n) is 7.33. The Balaban J connectivity index is 1.71. The van der Waals surface area contributed by atoms with Crippen molar-refractivity contribution in [1.82, 2.24) is 19.7 Å². The average molecular weight is 363 g/mol. The first-order chi connectivity index (χ1) is 12.4. The third kappa shape index (κ3) is 4.35. The maximum absolute atomic E-state index is 12.3. The molecule has 1 aromatic carbocycles. The molecule has 134 valence electrons. The zero-order valence-electron chi connectivity index (χ0n) is 13.1. The number of alkyl halides is 3. The van der Waals surface area contributed by atoms with E-state index in [0.717, 1.165) is 6.20 Å². The molecule has 0 aliphatic carbocycles. The van der Waals surface area contributed by atoms with E-state index in [4.69, 9.17) is 0 Å². The molecular formula is C16H12F3N5O2. The van der Waals surface area contributed by atoms with Crippen molar-refractivity contribution in [3.8, 4) is 11.6 Å². The third-order valence-corrected chi connectivity index (χ3v) is 3.20. The minimum absolute atomic E-state index is 0.165. The van der Waals surface area contributed by atoms with Crippen LogP contribution in [-0.4, -0.2) is 38.4 Å². The topological polar surface area (TPSA) is 81.9 Å². The van der Waals surface area contributed by atoms with Crippen LogP contribution in [0.3, 0.4) is 0 Å². The smallest absolute Gasteiger partial charge is 0.422 e. The Hall–Kier alpha value is -3.43. The summed E-state index contributed by atoms with van der Waals surface area (Å²) in [6.07, 6.45) is -0.469. The quantitative estimate of drug-likeness (QED) is 0.754. The second-order valence-electron chi connectivity index (χ2n) is 5.10. The molecule has 0 spiro atoms. The molecule has 3 rings (SSSR count). The molecule has 7 nitrogen and oxygen atoms in total. The lowest BCUT2D eigenvalue weighted by molar-refractivity contribution is -0.154. The highest BCUT2D eigenvalue weighted by molar-refractivity contribution is 6.05. The zero-order chi connectivity index (χ0) is 18.6. The molecule has 0 aliphatic rings. The number of aromatic nitrogens is 4. The van der Waals surface area contributed by atoms with E-state index in [0.29, 0.717) is 11.4 Å². The number of nitrogens with one attached hydrogen (secondary N) is 1. The van der Waals surface area contributed by atoms with Gasteiger partial charge in [0.05, 0.1) is 16.9 Å². The van der Waals surface area contributed by atoms with Crippen molar-refractivity contribution in [1.29, 1.82) is 0 Å². The molecule has 26 heavy (non-hydrogen) atoms. The molecule has 0 aliphatic heterocycles. The van der Waals surface area contributed by atoms with Crippen LogP contribution in [0.5, 0.6) is 5.88 Å². The van der Waals surface area contributed by atoms with Gasteiger partial charge in [0, 0.05) is 12.3 Å². The predicted molar refractivity (Wildman–Crippen MR) is 85.1 cm³/mol. The Morgan fingerprint density at radius 1 is 1.19 bits per heavy atom. The van der Waals surface area contributed by atoms with E-state index in [1.165, 1.54) is 29.5 Å². The first-order valence-corrected chi connectivity index (χ1v) is 7.33. The van der Waals surface area contributed by atoms with Gasteiger partial charge in [-0.15, -0.1) is 0 Å². The number of benzene rings is 1. The molecule has 1 N–H and O–H groups in total. The number of para-hydroxylation sites is 2. The standard InChI is InChI=1S/C16H12F3N5O2/c17-16(18,19)8-26-14-6-5-11(7-21-14)15(25)23-12-3-1-2-4-13(12)24-10-20-9-22-24/h1-7,9-10H,8H2,(H,23,25). The van der Waals surface area contributed by atoms with Crippen LogP contribution >= 0.6 is 0 Å². The van der Waals surface area contributed by atoms with Gasteiger partial charge in [0.25, 0.3) is 5.91 Å². The average Bonchev–Trinajstić information content (AvgIpc) is 3.15. The van der Waals surface area contributed by atoms with E-state index in [-0.39, 0.29) is 11.4 Å². The molecule has 10 heteroatoms. The van der Waals surface area contributed by atoms with Crippen molar-refractivity contribution in [3.63, 3.8) is 0 Å². The van der Waals surface area contributed by atoms with E-state index < -0.39 is 18.7 Å². The monoisotopic (exact) mass is 363 g/mol. The van der Waals surface area contributed by atoms with Crippen LogP contribution in [0.1, 0.15) is 10.4 Å². The molecule has 0 radical (unpaired) electrons. The van der Waals surface area contributed by atoms with Gasteiger partial charge >= 0.3 is 6.18 Å². The molecule has 1 amide bonds. The summed E-state index contributed by atoms with van der Waals surface area (Å²) >= 11 is 0. The van der Waals surface area contributed by atoms with Crippen LogP contribution in [-0.2, 0) is 0 Å². The van der Waals surface area contributed by atoms with Crippen molar-refractivity contribution in [2.75, 3.05) is 11.9 Å². The summed E-state index contributed by atoms with van der Waals surface area (Å²) in [5, 5.41) is 6.71. The highest BCUT2D eigenvalue weighted by Gasteiger charge is 2.28. The van der Waals surface area contributed by atoms with Gasteiger partial charge in [-0.1, -0.05) is 12.1 Å². The number of rotatable bonds is 5. The number of carbonyl (C=O) groups is 1. The van der Waals surface area contributed by atoms with Crippen molar-refractivity contribution in [3.05, 3.63) is 60.8 Å². The predicted octanol–water partition coefficient (Wildman–Crippen LogP) is 2.86. The fourth-order valence-corrected chi connectivity index (χ4v) is 2.06. The number of anilines is 1. The SMILES string of the molecule is O=C(Nc1ccccc1-n1cncn1)c1ccc(OCC(F)(F)F)nc1. The van der Waals surface area contributed by atoms with Gasteiger partial charge in [0.2, 0.25) is 5.88 Å². The van der Waals surface area contributed by atoms with Gasteiger partial charge in [-0.2, -0.15) is 18.3 Å². The number of hydrogen-bond acceptors (Lipinski definition) is 5. The summed E-state index contributed by atoms with van der Waals surface area (Å²) in [4.78, 5) is 19.9. The van der Waals surface area contributed by atoms with Crippen LogP contribution in [0, 0.1) is 0 Å². The number of hydrogen-bond donors (Lipinski definition) is 1. The van der Waals surface area contributed by atoms with Crippen LogP contribution < -0.4 is 10.1 Å². The minimum Gasteiger partial charge on any atom is -0.468 e. The summed E-state index contributed by atoms with van der Waals surface area (Å²) < 4.78 is 42.3. The van der Waals surface area contributed by atoms with Crippen LogP contribution in [0.15, 0.2) is 55.2 Å². The maximum atomic E-state index is 12.3. The molecule has 0 bridgehead atoms. The Kier molecular flexibility index (Phi) is 4.83. The Bertz CT molecular complexity index is 880. The molecule has 2 aromatic heterocycles. The van der Waals surface area contributed by atoms with Gasteiger partial charge in [-0.05, 0) is 18.2 Å². The number of amides is 1. The molecule has 3 aromatic rings. The van der Waals surface area contributed by atoms with Crippen molar-refractivity contribution in [2.24, 2.45) is 0 Å². The Morgan fingerprint density at radius 3 is 2.65 bits per heavy atom. The number of nitrogens with zero attached hydrogens (tertiary/aromatic N) is 4. The number of ether oxygens (including phenoxy) is 1. The number of pyridine rings is 1. The zero-order valence-corrected chi connectivity index (χ0v) is 13.1. The third-order valence-electron chi connectivity index (χ3n) is 3.20. The lowest BCUT2D eigenvalue weighted by atomic mass is 10.2. The summed E-state index contributed by atoms with van der Waals surface area (Å²) in [5.41, 5.74) is 1.26. The molecule has 0 atom stereocenters. The van der Waals surface area contributed by atoms with Gasteiger partial charge in [-0.3, -0.25) is 4.79 Å². The lowest BCUT2D eigenvalue weighted by Gasteiger charge is -2.11. The van der Waals surface area contributed by atoms with Crippen LogP contribution in [0.25, 0.3) is 5.69 Å². The van der Waals surface area contributed by atoms with Crippen LogP contribution in [0.4, 0.5) is 18.9 Å². The Labute approximate surface area is 145 Å². The minimum atomic E-state index is -4.46. The highest BCUT2D eigenvalue weighted by atomic mass is 19.4. The Morgan fingerprint density at radius 2 is 2.00 bits per heavy atom. The van der Waals surface area contributed by atoms with E-state index in [9.17, 15) is 18.0 Å². The van der Waals surface area contributed by atoms with E-state index in [1.807, 2.05) is 0 Å². The summed E-state index contributed by atoms with van der Waals surface area (Å²) in [5.74, 6) is -0.700.